The van der Waals surface area contributed by atoms with Crippen LogP contribution in [0.25, 0.3) is 0 Å². The van der Waals surface area contributed by atoms with Crippen LogP contribution in [0.3, 0.4) is 0 Å². The predicted octanol–water partition coefficient (Wildman–Crippen LogP) is 1.25. The van der Waals surface area contributed by atoms with Gasteiger partial charge in [0, 0.05) is 52.4 Å². The van der Waals surface area contributed by atoms with Gasteiger partial charge in [-0.05, 0) is 30.6 Å². The minimum absolute atomic E-state index is 0.135. The third-order valence-electron chi connectivity index (χ3n) is 5.09. The van der Waals surface area contributed by atoms with E-state index >= 15 is 0 Å². The number of rotatable bonds is 3. The van der Waals surface area contributed by atoms with Crippen molar-refractivity contribution in [1.82, 2.24) is 20.0 Å². The molecule has 2 aromatic heterocycles. The van der Waals surface area contributed by atoms with E-state index in [2.05, 4.69) is 44.1 Å². The van der Waals surface area contributed by atoms with E-state index in [1.807, 2.05) is 22.4 Å². The van der Waals surface area contributed by atoms with E-state index in [1.54, 1.807) is 0 Å². The summed E-state index contributed by atoms with van der Waals surface area (Å²) in [6, 6.07) is 7.93. The normalized spacial score (nSPS) is 19.0. The Morgan fingerprint density at radius 3 is 1.96 bits per heavy atom. The summed E-state index contributed by atoms with van der Waals surface area (Å²) in [6.07, 6.45) is 0. The average Bonchev–Trinajstić information content (AvgIpc) is 3.23. The number of nitrogens with zero attached hydrogens (tertiary/aromatic N) is 6. The maximum atomic E-state index is 12.4. The van der Waals surface area contributed by atoms with Crippen LogP contribution in [0.4, 0.5) is 11.6 Å². The van der Waals surface area contributed by atoms with Crippen LogP contribution >= 0.6 is 11.3 Å². The van der Waals surface area contributed by atoms with Gasteiger partial charge in [0.1, 0.15) is 0 Å². The van der Waals surface area contributed by atoms with Crippen molar-refractivity contribution in [3.8, 4) is 0 Å². The van der Waals surface area contributed by atoms with E-state index in [1.165, 1.54) is 11.3 Å². The molecule has 0 aliphatic carbocycles. The zero-order valence-electron chi connectivity index (χ0n) is 15.0. The fourth-order valence-electron chi connectivity index (χ4n) is 3.39. The second-order valence-corrected chi connectivity index (χ2v) is 7.74. The first kappa shape index (κ1) is 17.2. The van der Waals surface area contributed by atoms with Crippen molar-refractivity contribution in [1.29, 1.82) is 0 Å². The highest BCUT2D eigenvalue weighted by atomic mass is 32.1. The zero-order chi connectivity index (χ0) is 17.9. The molecule has 0 atom stereocenters. The summed E-state index contributed by atoms with van der Waals surface area (Å²) < 4.78 is 0. The van der Waals surface area contributed by atoms with Crippen molar-refractivity contribution in [2.45, 2.75) is 0 Å². The first-order valence-corrected chi connectivity index (χ1v) is 9.93. The maximum Gasteiger partial charge on any atom is 0.264 e. The highest BCUT2D eigenvalue weighted by Crippen LogP contribution is 2.19. The Morgan fingerprint density at radius 1 is 0.885 bits per heavy atom. The van der Waals surface area contributed by atoms with Crippen molar-refractivity contribution >= 4 is 28.9 Å². The summed E-state index contributed by atoms with van der Waals surface area (Å²) in [7, 11) is 2.15. The lowest BCUT2D eigenvalue weighted by Crippen LogP contribution is -2.49. The lowest BCUT2D eigenvalue weighted by atomic mass is 10.3. The molecule has 0 radical (unpaired) electrons. The number of piperazine rings is 2. The number of hydrogen-bond donors (Lipinski definition) is 0. The molecular formula is C18H24N6OS. The first-order valence-electron chi connectivity index (χ1n) is 9.06. The molecular weight excluding hydrogens is 348 g/mol. The van der Waals surface area contributed by atoms with Crippen LogP contribution in [0.5, 0.6) is 0 Å². The Hall–Kier alpha value is -2.19. The first-order chi connectivity index (χ1) is 12.7. The van der Waals surface area contributed by atoms with Crippen LogP contribution in [0.15, 0.2) is 29.6 Å². The Kier molecular flexibility index (Phi) is 5.03. The number of aromatic nitrogens is 2. The van der Waals surface area contributed by atoms with Crippen molar-refractivity contribution in [3.63, 3.8) is 0 Å². The molecule has 2 saturated heterocycles. The second kappa shape index (κ2) is 7.59. The van der Waals surface area contributed by atoms with Crippen LogP contribution in [0.2, 0.25) is 0 Å². The lowest BCUT2D eigenvalue weighted by Gasteiger charge is -2.35. The lowest BCUT2D eigenvalue weighted by molar-refractivity contribution is 0.0751. The van der Waals surface area contributed by atoms with Gasteiger partial charge in [-0.3, -0.25) is 4.79 Å². The molecule has 2 aliphatic rings. The molecule has 0 N–H and O–H groups in total. The van der Waals surface area contributed by atoms with Gasteiger partial charge in [-0.1, -0.05) is 6.07 Å². The van der Waals surface area contributed by atoms with Gasteiger partial charge in [0.25, 0.3) is 5.91 Å². The fourth-order valence-corrected chi connectivity index (χ4v) is 4.08. The Labute approximate surface area is 157 Å². The molecule has 0 aromatic carbocycles. The third-order valence-corrected chi connectivity index (χ3v) is 5.94. The minimum atomic E-state index is 0.135. The molecule has 138 valence electrons. The van der Waals surface area contributed by atoms with Gasteiger partial charge in [-0.25, -0.2) is 0 Å². The van der Waals surface area contributed by atoms with Gasteiger partial charge in [0.2, 0.25) is 0 Å². The standard InChI is InChI=1S/C18H24N6OS/c1-21-6-8-22(9-7-21)16-4-5-17(20-19-16)23-10-12-24(13-11-23)18(25)15-3-2-14-26-15/h2-5,14H,6-13H2,1H3. The number of hydrogen-bond acceptors (Lipinski definition) is 7. The maximum absolute atomic E-state index is 12.4. The molecule has 0 bridgehead atoms. The Balaban J connectivity index is 1.34. The number of amides is 1. The number of carbonyl (C=O) groups is 1. The van der Waals surface area contributed by atoms with Crippen molar-refractivity contribution in [2.75, 3.05) is 69.2 Å². The number of carbonyl (C=O) groups excluding carboxylic acids is 1. The summed E-state index contributed by atoms with van der Waals surface area (Å²) in [5.41, 5.74) is 0. The van der Waals surface area contributed by atoms with Gasteiger partial charge >= 0.3 is 0 Å². The fraction of sp³-hybridized carbons (Fsp3) is 0.500. The third kappa shape index (κ3) is 3.66. The van der Waals surface area contributed by atoms with Gasteiger partial charge in [-0.15, -0.1) is 21.5 Å². The molecule has 0 saturated carbocycles. The summed E-state index contributed by atoms with van der Waals surface area (Å²) in [4.78, 5) is 22.0. The van der Waals surface area contributed by atoms with Crippen LogP contribution in [-0.4, -0.2) is 85.3 Å². The zero-order valence-corrected chi connectivity index (χ0v) is 15.9. The molecule has 2 fully saturated rings. The number of likely N-dealkylation sites (N-methyl/N-ethyl adjacent to an activating group) is 1. The van der Waals surface area contributed by atoms with Gasteiger partial charge in [0.05, 0.1) is 4.88 Å². The molecule has 1 amide bonds. The van der Waals surface area contributed by atoms with Crippen molar-refractivity contribution in [2.24, 2.45) is 0 Å². The molecule has 4 rings (SSSR count). The van der Waals surface area contributed by atoms with Crippen LogP contribution in [0.1, 0.15) is 9.67 Å². The molecule has 8 heteroatoms. The van der Waals surface area contributed by atoms with E-state index in [-0.39, 0.29) is 5.91 Å². The summed E-state index contributed by atoms with van der Waals surface area (Å²) in [5, 5.41) is 10.8. The van der Waals surface area contributed by atoms with E-state index in [4.69, 9.17) is 0 Å². The smallest absolute Gasteiger partial charge is 0.264 e. The van der Waals surface area contributed by atoms with Gasteiger partial charge < -0.3 is 19.6 Å². The molecule has 26 heavy (non-hydrogen) atoms. The van der Waals surface area contributed by atoms with Crippen LogP contribution in [-0.2, 0) is 0 Å². The molecule has 4 heterocycles. The SMILES string of the molecule is CN1CCN(c2ccc(N3CCN(C(=O)c4cccs4)CC3)nn2)CC1. The number of thiophene rings is 1. The molecule has 0 spiro atoms. The predicted molar refractivity (Wildman–Crippen MR) is 104 cm³/mol. The quantitative estimate of drug-likeness (QED) is 0.808. The van der Waals surface area contributed by atoms with E-state index in [0.29, 0.717) is 0 Å². The highest BCUT2D eigenvalue weighted by Gasteiger charge is 2.24. The summed E-state index contributed by atoms with van der Waals surface area (Å²) in [6.45, 7) is 7.13. The minimum Gasteiger partial charge on any atom is -0.353 e. The van der Waals surface area contributed by atoms with Crippen molar-refractivity contribution < 1.29 is 4.79 Å². The molecule has 7 nitrogen and oxygen atoms in total. The van der Waals surface area contributed by atoms with Gasteiger partial charge in [0.15, 0.2) is 11.6 Å². The molecule has 2 aliphatic heterocycles. The average molecular weight is 372 g/mol. The van der Waals surface area contributed by atoms with Crippen molar-refractivity contribution in [3.05, 3.63) is 34.5 Å². The van der Waals surface area contributed by atoms with Gasteiger partial charge in [-0.2, -0.15) is 0 Å². The second-order valence-electron chi connectivity index (χ2n) is 6.80. The largest absolute Gasteiger partial charge is 0.353 e. The summed E-state index contributed by atoms with van der Waals surface area (Å²) >= 11 is 1.50. The Morgan fingerprint density at radius 2 is 1.46 bits per heavy atom. The Bertz CT molecular complexity index is 719. The van der Waals surface area contributed by atoms with E-state index < -0.39 is 0 Å². The van der Waals surface area contributed by atoms with Crippen LogP contribution in [0, 0.1) is 0 Å². The summed E-state index contributed by atoms with van der Waals surface area (Å²) in [5.74, 6) is 1.98. The number of anilines is 2. The molecule has 2 aromatic rings. The molecule has 0 unspecified atom stereocenters. The monoisotopic (exact) mass is 372 g/mol. The highest BCUT2D eigenvalue weighted by molar-refractivity contribution is 7.12. The van der Waals surface area contributed by atoms with E-state index in [9.17, 15) is 4.79 Å². The topological polar surface area (TPSA) is 55.8 Å². The van der Waals surface area contributed by atoms with Crippen LogP contribution < -0.4 is 9.80 Å². The van der Waals surface area contributed by atoms with E-state index in [0.717, 1.165) is 68.9 Å².